The van der Waals surface area contributed by atoms with Crippen molar-refractivity contribution in [3.05, 3.63) is 50.8 Å². The van der Waals surface area contributed by atoms with E-state index in [4.69, 9.17) is 9.15 Å². The first-order valence-electron chi connectivity index (χ1n) is 4.88. The van der Waals surface area contributed by atoms with Crippen molar-refractivity contribution in [3.63, 3.8) is 0 Å². The van der Waals surface area contributed by atoms with Crippen molar-refractivity contribution >= 4 is 31.9 Å². The molecule has 0 spiro atoms. The molecule has 0 bridgehead atoms. The normalized spacial score (nSPS) is 12.5. The number of ether oxygens (including phenoxy) is 1. The highest BCUT2D eigenvalue weighted by atomic mass is 79.9. The molecule has 0 aliphatic heterocycles. The summed E-state index contributed by atoms with van der Waals surface area (Å²) in [4.78, 5) is 0. The topological polar surface area (TPSA) is 42.6 Å². The van der Waals surface area contributed by atoms with Gasteiger partial charge >= 0.3 is 0 Å². The maximum Gasteiger partial charge on any atom is 0.169 e. The van der Waals surface area contributed by atoms with Crippen LogP contribution in [-0.2, 0) is 0 Å². The van der Waals surface area contributed by atoms with Crippen molar-refractivity contribution in [2.24, 2.45) is 0 Å². The Morgan fingerprint density at radius 3 is 2.53 bits per heavy atom. The third-order valence-corrected chi connectivity index (χ3v) is 3.40. The lowest BCUT2D eigenvalue weighted by Crippen LogP contribution is -1.98. The first kappa shape index (κ1) is 12.7. The van der Waals surface area contributed by atoms with E-state index < -0.39 is 6.10 Å². The summed E-state index contributed by atoms with van der Waals surface area (Å²) in [6.07, 6.45) is -0.788. The third kappa shape index (κ3) is 2.73. The summed E-state index contributed by atoms with van der Waals surface area (Å²) >= 11 is 6.58. The Balaban J connectivity index is 2.31. The van der Waals surface area contributed by atoms with Crippen molar-refractivity contribution in [1.82, 2.24) is 0 Å². The lowest BCUT2D eigenvalue weighted by Gasteiger charge is -2.10. The average molecular weight is 362 g/mol. The van der Waals surface area contributed by atoms with Crippen LogP contribution in [0.4, 0.5) is 0 Å². The number of hydrogen-bond acceptors (Lipinski definition) is 3. The van der Waals surface area contributed by atoms with Crippen LogP contribution in [0, 0.1) is 0 Å². The van der Waals surface area contributed by atoms with Gasteiger partial charge in [-0.15, -0.1) is 0 Å². The lowest BCUT2D eigenvalue weighted by molar-refractivity contribution is 0.187. The summed E-state index contributed by atoms with van der Waals surface area (Å²) in [7, 11) is 1.60. The molecule has 0 aliphatic carbocycles. The number of halogens is 2. The van der Waals surface area contributed by atoms with Crippen molar-refractivity contribution in [2.75, 3.05) is 7.11 Å². The van der Waals surface area contributed by atoms with Gasteiger partial charge in [0.1, 0.15) is 17.6 Å². The second-order valence-electron chi connectivity index (χ2n) is 3.44. The molecule has 0 amide bonds. The number of rotatable bonds is 3. The summed E-state index contributed by atoms with van der Waals surface area (Å²) in [5.74, 6) is 1.22. The number of benzene rings is 1. The van der Waals surface area contributed by atoms with Gasteiger partial charge in [-0.05, 0) is 61.7 Å². The fourth-order valence-corrected chi connectivity index (χ4v) is 2.37. The standard InChI is InChI=1S/C12H10Br2O3/c1-16-9-3-2-7(6-8(9)13)12(15)10-4-5-11(14)17-10/h2-6,12,15H,1H3. The van der Waals surface area contributed by atoms with Crippen LogP contribution in [0.5, 0.6) is 5.75 Å². The zero-order chi connectivity index (χ0) is 12.4. The maximum atomic E-state index is 10.1. The van der Waals surface area contributed by atoms with Gasteiger partial charge in [-0.3, -0.25) is 0 Å². The van der Waals surface area contributed by atoms with E-state index in [-0.39, 0.29) is 0 Å². The van der Waals surface area contributed by atoms with Crippen LogP contribution in [-0.4, -0.2) is 12.2 Å². The van der Waals surface area contributed by atoms with Crippen molar-refractivity contribution in [2.45, 2.75) is 6.10 Å². The minimum absolute atomic E-state index is 0.494. The number of furan rings is 1. The number of methoxy groups -OCH3 is 1. The predicted molar refractivity (Wildman–Crippen MR) is 71.2 cm³/mol. The Morgan fingerprint density at radius 1 is 1.24 bits per heavy atom. The van der Waals surface area contributed by atoms with E-state index in [0.717, 1.165) is 15.8 Å². The van der Waals surface area contributed by atoms with Gasteiger partial charge in [-0.2, -0.15) is 0 Å². The zero-order valence-electron chi connectivity index (χ0n) is 8.98. The van der Waals surface area contributed by atoms with Gasteiger partial charge in [-0.25, -0.2) is 0 Å². The second kappa shape index (κ2) is 5.25. The average Bonchev–Trinajstić information content (AvgIpc) is 2.75. The molecule has 2 rings (SSSR count). The molecule has 17 heavy (non-hydrogen) atoms. The fourth-order valence-electron chi connectivity index (χ4n) is 1.49. The molecular formula is C12H10Br2O3. The van der Waals surface area contributed by atoms with Gasteiger partial charge in [0.15, 0.2) is 4.67 Å². The van der Waals surface area contributed by atoms with Gasteiger partial charge < -0.3 is 14.3 Å². The summed E-state index contributed by atoms with van der Waals surface area (Å²) < 4.78 is 11.8. The molecule has 2 aromatic rings. The van der Waals surface area contributed by atoms with E-state index in [2.05, 4.69) is 31.9 Å². The van der Waals surface area contributed by atoms with Gasteiger partial charge in [0.25, 0.3) is 0 Å². The molecule has 0 saturated carbocycles. The Hall–Kier alpha value is -0.780. The highest BCUT2D eigenvalue weighted by Gasteiger charge is 2.15. The molecule has 1 heterocycles. The Labute approximate surface area is 116 Å². The molecule has 90 valence electrons. The molecule has 0 saturated heterocycles. The van der Waals surface area contributed by atoms with Crippen molar-refractivity contribution < 1.29 is 14.3 Å². The highest BCUT2D eigenvalue weighted by Crippen LogP contribution is 2.31. The van der Waals surface area contributed by atoms with Gasteiger partial charge in [-0.1, -0.05) is 6.07 Å². The van der Waals surface area contributed by atoms with Crippen LogP contribution in [0.2, 0.25) is 0 Å². The van der Waals surface area contributed by atoms with Crippen LogP contribution >= 0.6 is 31.9 Å². The molecule has 0 radical (unpaired) electrons. The quantitative estimate of drug-likeness (QED) is 0.901. The Bertz CT molecular complexity index is 522. The summed E-state index contributed by atoms with van der Waals surface area (Å²) in [6, 6.07) is 8.87. The molecular weight excluding hydrogens is 352 g/mol. The lowest BCUT2D eigenvalue weighted by atomic mass is 10.1. The van der Waals surface area contributed by atoms with Crippen LogP contribution in [0.25, 0.3) is 0 Å². The Morgan fingerprint density at radius 2 is 2.00 bits per heavy atom. The molecule has 1 aromatic heterocycles. The van der Waals surface area contributed by atoms with Crippen LogP contribution in [0.15, 0.2) is 43.9 Å². The molecule has 0 fully saturated rings. The van der Waals surface area contributed by atoms with E-state index in [0.29, 0.717) is 10.4 Å². The van der Waals surface area contributed by atoms with Crippen molar-refractivity contribution in [1.29, 1.82) is 0 Å². The maximum absolute atomic E-state index is 10.1. The molecule has 5 heteroatoms. The first-order chi connectivity index (χ1) is 8.11. The second-order valence-corrected chi connectivity index (χ2v) is 5.07. The van der Waals surface area contributed by atoms with Gasteiger partial charge in [0.2, 0.25) is 0 Å². The van der Waals surface area contributed by atoms with E-state index >= 15 is 0 Å². The number of hydrogen-bond donors (Lipinski definition) is 1. The molecule has 3 nitrogen and oxygen atoms in total. The highest BCUT2D eigenvalue weighted by molar-refractivity contribution is 9.10. The molecule has 0 aliphatic rings. The molecule has 1 atom stereocenters. The summed E-state index contributed by atoms with van der Waals surface area (Å²) in [5.41, 5.74) is 0.736. The molecule has 1 N–H and O–H groups in total. The number of aliphatic hydroxyl groups excluding tert-OH is 1. The minimum atomic E-state index is -0.788. The monoisotopic (exact) mass is 360 g/mol. The SMILES string of the molecule is COc1ccc(C(O)c2ccc(Br)o2)cc1Br. The van der Waals surface area contributed by atoms with Crippen LogP contribution in [0.3, 0.4) is 0 Å². The van der Waals surface area contributed by atoms with E-state index in [1.807, 2.05) is 0 Å². The molecule has 1 aromatic carbocycles. The predicted octanol–water partition coefficient (Wildman–Crippen LogP) is 3.89. The molecule has 1 unspecified atom stereocenters. The minimum Gasteiger partial charge on any atom is -0.496 e. The first-order valence-corrected chi connectivity index (χ1v) is 6.47. The summed E-state index contributed by atoms with van der Waals surface area (Å²) in [6.45, 7) is 0. The summed E-state index contributed by atoms with van der Waals surface area (Å²) in [5, 5.41) is 10.1. The van der Waals surface area contributed by atoms with Crippen LogP contribution < -0.4 is 4.74 Å². The Kier molecular flexibility index (Phi) is 3.91. The van der Waals surface area contributed by atoms with Crippen LogP contribution in [0.1, 0.15) is 17.4 Å². The smallest absolute Gasteiger partial charge is 0.169 e. The van der Waals surface area contributed by atoms with E-state index in [1.165, 1.54) is 0 Å². The van der Waals surface area contributed by atoms with Gasteiger partial charge in [0, 0.05) is 0 Å². The fraction of sp³-hybridized carbons (Fsp3) is 0.167. The van der Waals surface area contributed by atoms with E-state index in [9.17, 15) is 5.11 Å². The van der Waals surface area contributed by atoms with Crippen molar-refractivity contribution in [3.8, 4) is 5.75 Å². The third-order valence-electron chi connectivity index (χ3n) is 2.36. The largest absolute Gasteiger partial charge is 0.496 e. The van der Waals surface area contributed by atoms with Gasteiger partial charge in [0.05, 0.1) is 11.6 Å². The zero-order valence-corrected chi connectivity index (χ0v) is 12.2. The number of aliphatic hydroxyl groups is 1. The van der Waals surface area contributed by atoms with E-state index in [1.54, 1.807) is 37.4 Å².